The summed E-state index contributed by atoms with van der Waals surface area (Å²) in [6.45, 7) is 7.41. The third-order valence-corrected chi connectivity index (χ3v) is 2.62. The van der Waals surface area contributed by atoms with Gasteiger partial charge < -0.3 is 10.0 Å². The molecule has 0 unspecified atom stereocenters. The van der Waals surface area contributed by atoms with E-state index in [2.05, 4.69) is 25.9 Å². The summed E-state index contributed by atoms with van der Waals surface area (Å²) in [5.74, 6) is 0. The van der Waals surface area contributed by atoms with Gasteiger partial charge in [-0.15, -0.1) is 0 Å². The zero-order chi connectivity index (χ0) is 10.5. The number of rotatable bonds is 3. The van der Waals surface area contributed by atoms with Crippen LogP contribution in [0.3, 0.4) is 0 Å². The van der Waals surface area contributed by atoms with Gasteiger partial charge in [0.15, 0.2) is 0 Å². The van der Waals surface area contributed by atoms with Crippen LogP contribution in [0.15, 0.2) is 0 Å². The first-order chi connectivity index (χ1) is 6.02. The van der Waals surface area contributed by atoms with Crippen molar-refractivity contribution in [2.24, 2.45) is 5.41 Å². The molecule has 2 nitrogen and oxygen atoms in total. The van der Waals surface area contributed by atoms with Gasteiger partial charge >= 0.3 is 0 Å². The molecule has 1 aliphatic rings. The highest BCUT2D eigenvalue weighted by Crippen LogP contribution is 2.43. The van der Waals surface area contributed by atoms with Crippen LogP contribution in [0, 0.1) is 5.41 Å². The van der Waals surface area contributed by atoms with Crippen LogP contribution in [0.2, 0.25) is 0 Å². The summed E-state index contributed by atoms with van der Waals surface area (Å²) < 4.78 is 0. The average Bonchev–Trinajstić information content (AvgIpc) is 2.02. The molecule has 0 aliphatic heterocycles. The summed E-state index contributed by atoms with van der Waals surface area (Å²) in [6, 6.07) is 0. The maximum Gasteiger partial charge on any atom is 0.0550 e. The van der Waals surface area contributed by atoms with Gasteiger partial charge in [-0.2, -0.15) is 0 Å². The van der Waals surface area contributed by atoms with Crippen molar-refractivity contribution in [3.63, 3.8) is 0 Å². The molecule has 80 valence electrons. The molecule has 0 saturated heterocycles. The van der Waals surface area contributed by atoms with Crippen molar-refractivity contribution in [3.05, 3.63) is 0 Å². The van der Waals surface area contributed by atoms with E-state index in [1.165, 1.54) is 6.42 Å². The Bertz CT molecular complexity index is 128. The molecule has 0 aromatic carbocycles. The van der Waals surface area contributed by atoms with Gasteiger partial charge in [-0.05, 0) is 45.3 Å². The van der Waals surface area contributed by atoms with Crippen molar-refractivity contribution in [3.8, 4) is 0 Å². The van der Waals surface area contributed by atoms with Crippen LogP contribution >= 0.6 is 0 Å². The Labute approximate surface area is 82.9 Å². The average molecular weight is 187 g/mol. The van der Waals surface area contributed by atoms with Crippen LogP contribution in [0.25, 0.3) is 0 Å². The minimum absolute atomic E-state index is 0.0119. The first-order valence-electron chi connectivity index (χ1n) is 5.35. The van der Waals surface area contributed by atoms with Gasteiger partial charge in [-0.1, -0.05) is 20.8 Å². The Morgan fingerprint density at radius 2 is 1.77 bits per heavy atom. The Balaban J connectivity index is 0.000000671. The minimum atomic E-state index is -0.0119. The number of nitrogens with zero attached hydrogens (tertiary/aromatic N) is 1. The van der Waals surface area contributed by atoms with Gasteiger partial charge in [0, 0.05) is 0 Å². The van der Waals surface area contributed by atoms with Crippen molar-refractivity contribution >= 4 is 0 Å². The quantitative estimate of drug-likeness (QED) is 0.731. The lowest BCUT2D eigenvalue weighted by molar-refractivity contribution is -0.0281. The predicted molar refractivity (Wildman–Crippen MR) is 57.9 cm³/mol. The van der Waals surface area contributed by atoms with Gasteiger partial charge in [0.2, 0.25) is 0 Å². The molecule has 0 atom stereocenters. The molecule has 1 rings (SSSR count). The van der Waals surface area contributed by atoms with E-state index < -0.39 is 0 Å². The van der Waals surface area contributed by atoms with E-state index in [4.69, 9.17) is 5.11 Å². The SMILES string of the molecule is CC.CN(C)CCC1(C)CC(O)C1. The van der Waals surface area contributed by atoms with E-state index in [9.17, 15) is 0 Å². The van der Waals surface area contributed by atoms with E-state index in [1.54, 1.807) is 0 Å². The van der Waals surface area contributed by atoms with Crippen molar-refractivity contribution in [1.29, 1.82) is 0 Å². The second-order valence-electron chi connectivity index (χ2n) is 4.43. The highest BCUT2D eigenvalue weighted by molar-refractivity contribution is 4.90. The Hall–Kier alpha value is -0.0800. The first kappa shape index (κ1) is 12.9. The van der Waals surface area contributed by atoms with Crippen LogP contribution in [0.5, 0.6) is 0 Å². The van der Waals surface area contributed by atoms with Gasteiger partial charge in [0.25, 0.3) is 0 Å². The van der Waals surface area contributed by atoms with E-state index in [-0.39, 0.29) is 6.10 Å². The van der Waals surface area contributed by atoms with Crippen LogP contribution in [-0.2, 0) is 0 Å². The molecule has 1 fully saturated rings. The molecule has 0 bridgehead atoms. The standard InChI is InChI=1S/C9H19NO.C2H6/c1-9(4-5-10(2)3)6-8(11)7-9;1-2/h8,11H,4-7H2,1-3H3;1-2H3. The maximum absolute atomic E-state index is 9.14. The van der Waals surface area contributed by atoms with E-state index in [0.29, 0.717) is 5.41 Å². The Morgan fingerprint density at radius 3 is 2.08 bits per heavy atom. The lowest BCUT2D eigenvalue weighted by Crippen LogP contribution is -2.40. The van der Waals surface area contributed by atoms with E-state index in [1.807, 2.05) is 13.8 Å². The molecule has 0 spiro atoms. The summed E-state index contributed by atoms with van der Waals surface area (Å²) in [5.41, 5.74) is 0.434. The van der Waals surface area contributed by atoms with Gasteiger partial charge in [-0.3, -0.25) is 0 Å². The fraction of sp³-hybridized carbons (Fsp3) is 1.00. The number of aliphatic hydroxyl groups is 1. The zero-order valence-electron chi connectivity index (χ0n) is 9.80. The number of aliphatic hydroxyl groups excluding tert-OH is 1. The first-order valence-corrected chi connectivity index (χ1v) is 5.35. The second-order valence-corrected chi connectivity index (χ2v) is 4.43. The predicted octanol–water partition coefficient (Wildman–Crippen LogP) is 2.13. The van der Waals surface area contributed by atoms with Gasteiger partial charge in [-0.25, -0.2) is 0 Å². The number of hydrogen-bond donors (Lipinski definition) is 1. The highest BCUT2D eigenvalue weighted by atomic mass is 16.3. The van der Waals surface area contributed by atoms with Gasteiger partial charge in [0.1, 0.15) is 0 Å². The molecule has 1 aliphatic carbocycles. The highest BCUT2D eigenvalue weighted by Gasteiger charge is 2.38. The van der Waals surface area contributed by atoms with Crippen LogP contribution < -0.4 is 0 Å². The van der Waals surface area contributed by atoms with Crippen LogP contribution in [0.4, 0.5) is 0 Å². The van der Waals surface area contributed by atoms with Gasteiger partial charge in [0.05, 0.1) is 6.10 Å². The second kappa shape index (κ2) is 5.61. The fourth-order valence-corrected chi connectivity index (χ4v) is 1.78. The fourth-order valence-electron chi connectivity index (χ4n) is 1.78. The van der Waals surface area contributed by atoms with E-state index in [0.717, 1.165) is 19.4 Å². The van der Waals surface area contributed by atoms with Crippen molar-refractivity contribution in [2.45, 2.75) is 46.1 Å². The van der Waals surface area contributed by atoms with Crippen molar-refractivity contribution < 1.29 is 5.11 Å². The third-order valence-electron chi connectivity index (χ3n) is 2.62. The maximum atomic E-state index is 9.14. The number of hydrogen-bond acceptors (Lipinski definition) is 2. The Kier molecular flexibility index (Phi) is 5.57. The molecule has 1 N–H and O–H groups in total. The molecular weight excluding hydrogens is 162 g/mol. The molecule has 0 amide bonds. The van der Waals surface area contributed by atoms with Crippen LogP contribution in [-0.4, -0.2) is 36.8 Å². The summed E-state index contributed by atoms with van der Waals surface area (Å²) in [4.78, 5) is 2.20. The summed E-state index contributed by atoms with van der Waals surface area (Å²) in [5, 5.41) is 9.14. The summed E-state index contributed by atoms with van der Waals surface area (Å²) in [7, 11) is 4.19. The third kappa shape index (κ3) is 4.63. The Morgan fingerprint density at radius 1 is 1.31 bits per heavy atom. The summed E-state index contributed by atoms with van der Waals surface area (Å²) in [6.07, 6.45) is 3.21. The molecular formula is C11H25NO. The topological polar surface area (TPSA) is 23.5 Å². The lowest BCUT2D eigenvalue weighted by Gasteiger charge is -2.43. The van der Waals surface area contributed by atoms with E-state index >= 15 is 0 Å². The minimum Gasteiger partial charge on any atom is -0.393 e. The molecule has 13 heavy (non-hydrogen) atoms. The molecule has 2 heteroatoms. The monoisotopic (exact) mass is 187 g/mol. The van der Waals surface area contributed by atoms with Crippen LogP contribution in [0.1, 0.15) is 40.0 Å². The normalized spacial score (nSPS) is 32.1. The molecule has 0 aromatic rings. The summed E-state index contributed by atoms with van der Waals surface area (Å²) >= 11 is 0. The largest absolute Gasteiger partial charge is 0.393 e. The zero-order valence-corrected chi connectivity index (χ0v) is 9.80. The van der Waals surface area contributed by atoms with Crippen molar-refractivity contribution in [2.75, 3.05) is 20.6 Å². The lowest BCUT2D eigenvalue weighted by atomic mass is 9.66. The molecule has 1 saturated carbocycles. The smallest absolute Gasteiger partial charge is 0.0550 e. The molecule has 0 radical (unpaired) electrons. The molecule has 0 heterocycles. The molecule has 0 aromatic heterocycles. The van der Waals surface area contributed by atoms with Crippen molar-refractivity contribution in [1.82, 2.24) is 4.90 Å².